The molecule has 11 heavy (non-hydrogen) atoms. The lowest BCUT2D eigenvalue weighted by molar-refractivity contribution is 0.369. The zero-order valence-electron chi connectivity index (χ0n) is 5.64. The summed E-state index contributed by atoms with van der Waals surface area (Å²) in [4.78, 5) is 3.68. The van der Waals surface area contributed by atoms with Gasteiger partial charge in [-0.25, -0.2) is 4.98 Å². The maximum absolute atomic E-state index is 9.23. The first-order valence-corrected chi connectivity index (χ1v) is 3.91. The van der Waals surface area contributed by atoms with Gasteiger partial charge in [-0.2, -0.15) is 0 Å². The molecule has 0 fully saturated rings. The summed E-state index contributed by atoms with van der Waals surface area (Å²) in [6.07, 6.45) is 1.46. The van der Waals surface area contributed by atoms with E-state index in [1.807, 2.05) is 0 Å². The number of ether oxygens (including phenoxy) is 1. The Kier molecular flexibility index (Phi) is 2.57. The van der Waals surface area contributed by atoms with Crippen molar-refractivity contribution in [2.45, 2.75) is 0 Å². The number of aromatic nitrogens is 1. The number of rotatable bonds is 1. The molecule has 0 aliphatic heterocycles. The van der Waals surface area contributed by atoms with Gasteiger partial charge in [-0.1, -0.05) is 11.6 Å². The van der Waals surface area contributed by atoms with Crippen molar-refractivity contribution >= 4 is 27.5 Å². The Bertz CT molecular complexity index is 280. The minimum Gasteiger partial charge on any atom is -0.502 e. The van der Waals surface area contributed by atoms with Gasteiger partial charge in [0.05, 0.1) is 11.6 Å². The molecule has 0 saturated heterocycles. The monoisotopic (exact) mass is 237 g/mol. The van der Waals surface area contributed by atoms with Crippen LogP contribution in [0.15, 0.2) is 10.7 Å². The van der Waals surface area contributed by atoms with E-state index in [9.17, 15) is 5.11 Å². The van der Waals surface area contributed by atoms with E-state index in [0.717, 1.165) is 0 Å². The topological polar surface area (TPSA) is 42.4 Å². The van der Waals surface area contributed by atoms with Gasteiger partial charge in [0.25, 0.3) is 0 Å². The SMILES string of the molecule is COc1c(Br)cnc(Cl)c1O. The smallest absolute Gasteiger partial charge is 0.197 e. The van der Waals surface area contributed by atoms with Crippen LogP contribution < -0.4 is 4.74 Å². The Morgan fingerprint density at radius 1 is 1.73 bits per heavy atom. The first-order chi connectivity index (χ1) is 5.16. The normalized spacial score (nSPS) is 9.73. The number of methoxy groups -OCH3 is 1. The number of pyridine rings is 1. The van der Waals surface area contributed by atoms with E-state index in [4.69, 9.17) is 16.3 Å². The van der Waals surface area contributed by atoms with Crippen LogP contribution in [0.5, 0.6) is 11.5 Å². The van der Waals surface area contributed by atoms with Gasteiger partial charge in [-0.05, 0) is 15.9 Å². The van der Waals surface area contributed by atoms with Crippen molar-refractivity contribution < 1.29 is 9.84 Å². The molecule has 0 unspecified atom stereocenters. The standard InChI is InChI=1S/C6H5BrClNO2/c1-11-5-3(7)2-9-6(8)4(5)10/h2,10H,1H3. The first-order valence-electron chi connectivity index (χ1n) is 2.73. The summed E-state index contributed by atoms with van der Waals surface area (Å²) in [5.74, 6) is 0.147. The van der Waals surface area contributed by atoms with E-state index in [1.165, 1.54) is 13.3 Å². The first kappa shape index (κ1) is 8.62. The molecule has 0 radical (unpaired) electrons. The maximum atomic E-state index is 9.23. The molecule has 1 rings (SSSR count). The lowest BCUT2D eigenvalue weighted by atomic mass is 10.4. The van der Waals surface area contributed by atoms with Gasteiger partial charge in [-0.15, -0.1) is 0 Å². The van der Waals surface area contributed by atoms with Crippen LogP contribution in [0.1, 0.15) is 0 Å². The highest BCUT2D eigenvalue weighted by atomic mass is 79.9. The number of hydrogen-bond donors (Lipinski definition) is 1. The molecule has 1 aromatic rings. The Balaban J connectivity index is 3.29. The van der Waals surface area contributed by atoms with E-state index >= 15 is 0 Å². The summed E-state index contributed by atoms with van der Waals surface area (Å²) in [6, 6.07) is 0. The fourth-order valence-corrected chi connectivity index (χ4v) is 1.22. The predicted octanol–water partition coefficient (Wildman–Crippen LogP) is 2.21. The summed E-state index contributed by atoms with van der Waals surface area (Å²) in [5, 5.41) is 9.26. The molecule has 3 nitrogen and oxygen atoms in total. The largest absolute Gasteiger partial charge is 0.502 e. The average molecular weight is 238 g/mol. The van der Waals surface area contributed by atoms with Gasteiger partial charge >= 0.3 is 0 Å². The number of nitrogens with zero attached hydrogens (tertiary/aromatic N) is 1. The highest BCUT2D eigenvalue weighted by molar-refractivity contribution is 9.10. The molecule has 0 aliphatic carbocycles. The van der Waals surface area contributed by atoms with Crippen LogP contribution >= 0.6 is 27.5 Å². The molecule has 0 aliphatic rings. The number of hydrogen-bond acceptors (Lipinski definition) is 3. The molecule has 1 aromatic heterocycles. The lowest BCUT2D eigenvalue weighted by Crippen LogP contribution is -1.87. The molecule has 60 valence electrons. The molecule has 0 amide bonds. The van der Waals surface area contributed by atoms with Crippen LogP contribution in [0.4, 0.5) is 0 Å². The van der Waals surface area contributed by atoms with Crippen LogP contribution in [-0.4, -0.2) is 17.2 Å². The third kappa shape index (κ3) is 1.57. The molecule has 0 aromatic carbocycles. The van der Waals surface area contributed by atoms with Crippen molar-refractivity contribution in [1.29, 1.82) is 0 Å². The molecule has 1 heterocycles. The van der Waals surface area contributed by atoms with Crippen molar-refractivity contribution in [3.63, 3.8) is 0 Å². The fourth-order valence-electron chi connectivity index (χ4n) is 0.634. The van der Waals surface area contributed by atoms with Crippen molar-refractivity contribution in [2.75, 3.05) is 7.11 Å². The second kappa shape index (κ2) is 3.28. The van der Waals surface area contributed by atoms with Gasteiger partial charge in [0, 0.05) is 6.20 Å². The highest BCUT2D eigenvalue weighted by Crippen LogP contribution is 2.37. The van der Waals surface area contributed by atoms with Crippen molar-refractivity contribution in [1.82, 2.24) is 4.98 Å². The van der Waals surface area contributed by atoms with E-state index in [-0.39, 0.29) is 10.9 Å². The zero-order valence-corrected chi connectivity index (χ0v) is 7.98. The van der Waals surface area contributed by atoms with E-state index in [2.05, 4.69) is 20.9 Å². The fraction of sp³-hybridized carbons (Fsp3) is 0.167. The summed E-state index contributed by atoms with van der Waals surface area (Å²) in [7, 11) is 1.44. The third-order valence-electron chi connectivity index (χ3n) is 1.12. The Morgan fingerprint density at radius 3 is 2.82 bits per heavy atom. The quantitative estimate of drug-likeness (QED) is 0.763. The van der Waals surface area contributed by atoms with Crippen LogP contribution in [0.25, 0.3) is 0 Å². The average Bonchev–Trinajstić information content (AvgIpc) is 1.99. The second-order valence-electron chi connectivity index (χ2n) is 1.78. The van der Waals surface area contributed by atoms with E-state index in [1.54, 1.807) is 0 Å². The highest BCUT2D eigenvalue weighted by Gasteiger charge is 2.10. The van der Waals surface area contributed by atoms with Gasteiger partial charge in [0.2, 0.25) is 0 Å². The Labute approximate surface area is 77.1 Å². The molecule has 0 saturated carbocycles. The molecule has 5 heteroatoms. The molecular formula is C6H5BrClNO2. The Hall–Kier alpha value is -0.480. The van der Waals surface area contributed by atoms with Crippen LogP contribution in [0.2, 0.25) is 5.15 Å². The van der Waals surface area contributed by atoms with Crippen LogP contribution in [0.3, 0.4) is 0 Å². The molecule has 0 bridgehead atoms. The molecular weight excluding hydrogens is 233 g/mol. The van der Waals surface area contributed by atoms with Gasteiger partial charge in [-0.3, -0.25) is 0 Å². The number of aromatic hydroxyl groups is 1. The minimum atomic E-state index is -0.149. The summed E-state index contributed by atoms with van der Waals surface area (Å²) >= 11 is 8.64. The van der Waals surface area contributed by atoms with Crippen LogP contribution in [-0.2, 0) is 0 Å². The summed E-state index contributed by atoms with van der Waals surface area (Å²) in [5.41, 5.74) is 0. The van der Waals surface area contributed by atoms with Crippen molar-refractivity contribution in [3.8, 4) is 11.5 Å². The molecule has 1 N–H and O–H groups in total. The van der Waals surface area contributed by atoms with Crippen molar-refractivity contribution in [2.24, 2.45) is 0 Å². The minimum absolute atomic E-state index is 0.0325. The number of halogens is 2. The van der Waals surface area contributed by atoms with Gasteiger partial charge < -0.3 is 9.84 Å². The maximum Gasteiger partial charge on any atom is 0.197 e. The zero-order chi connectivity index (χ0) is 8.43. The predicted molar refractivity (Wildman–Crippen MR) is 45.2 cm³/mol. The summed E-state index contributed by atoms with van der Waals surface area (Å²) in [6.45, 7) is 0. The van der Waals surface area contributed by atoms with Crippen molar-refractivity contribution in [3.05, 3.63) is 15.8 Å². The molecule has 0 spiro atoms. The lowest BCUT2D eigenvalue weighted by Gasteiger charge is -2.04. The molecule has 0 atom stereocenters. The van der Waals surface area contributed by atoms with Crippen LogP contribution in [0, 0.1) is 0 Å². The van der Waals surface area contributed by atoms with Gasteiger partial charge in [0.15, 0.2) is 16.7 Å². The second-order valence-corrected chi connectivity index (χ2v) is 2.99. The third-order valence-corrected chi connectivity index (χ3v) is 1.96. The van der Waals surface area contributed by atoms with E-state index < -0.39 is 0 Å². The van der Waals surface area contributed by atoms with Gasteiger partial charge in [0.1, 0.15) is 0 Å². The Morgan fingerprint density at radius 2 is 2.36 bits per heavy atom. The summed E-state index contributed by atoms with van der Waals surface area (Å²) < 4.78 is 5.41. The van der Waals surface area contributed by atoms with E-state index in [0.29, 0.717) is 10.2 Å².